The minimum atomic E-state index is -0.273. The lowest BCUT2D eigenvalue weighted by atomic mass is 10.0. The molecule has 0 radical (unpaired) electrons. The highest BCUT2D eigenvalue weighted by atomic mass is 16.5. The van der Waals surface area contributed by atoms with E-state index in [0.717, 1.165) is 39.1 Å². The summed E-state index contributed by atoms with van der Waals surface area (Å²) in [6, 6.07) is 0. The molecule has 1 aliphatic heterocycles. The zero-order valence-corrected chi connectivity index (χ0v) is 13.6. The third-order valence-corrected chi connectivity index (χ3v) is 4.25. The fraction of sp³-hybridized carbons (Fsp3) is 1.00. The molecule has 0 spiro atoms. The van der Waals surface area contributed by atoms with Gasteiger partial charge in [0, 0.05) is 13.1 Å². The topological polar surface area (TPSA) is 32.7 Å². The Hall–Kier alpha value is -0.120. The molecule has 1 aliphatic rings. The van der Waals surface area contributed by atoms with Gasteiger partial charge < -0.3 is 9.84 Å². The summed E-state index contributed by atoms with van der Waals surface area (Å²) < 4.78 is 5.73. The van der Waals surface area contributed by atoms with Gasteiger partial charge >= 0.3 is 0 Å². The number of hydrogen-bond donors (Lipinski definition) is 1. The van der Waals surface area contributed by atoms with Crippen molar-refractivity contribution in [2.45, 2.75) is 83.8 Å². The maximum Gasteiger partial charge on any atom is 0.0960 e. The van der Waals surface area contributed by atoms with Crippen LogP contribution in [0.4, 0.5) is 0 Å². The van der Waals surface area contributed by atoms with Crippen molar-refractivity contribution in [1.82, 2.24) is 4.90 Å². The molecule has 1 N–H and O–H groups in total. The van der Waals surface area contributed by atoms with Gasteiger partial charge in [0.05, 0.1) is 18.8 Å². The van der Waals surface area contributed by atoms with E-state index >= 15 is 0 Å². The zero-order chi connectivity index (χ0) is 14.6. The van der Waals surface area contributed by atoms with Crippen LogP contribution >= 0.6 is 0 Å². The Morgan fingerprint density at radius 3 is 2.45 bits per heavy atom. The van der Waals surface area contributed by atoms with Crippen LogP contribution < -0.4 is 0 Å². The lowest BCUT2D eigenvalue weighted by Gasteiger charge is -2.35. The molecule has 0 aliphatic carbocycles. The summed E-state index contributed by atoms with van der Waals surface area (Å²) in [7, 11) is 0. The summed E-state index contributed by atoms with van der Waals surface area (Å²) in [6.45, 7) is 8.30. The van der Waals surface area contributed by atoms with Crippen molar-refractivity contribution in [3.05, 3.63) is 0 Å². The highest BCUT2D eigenvalue weighted by Gasteiger charge is 2.25. The van der Waals surface area contributed by atoms with Crippen molar-refractivity contribution in [3.63, 3.8) is 0 Å². The van der Waals surface area contributed by atoms with Crippen LogP contribution in [0.15, 0.2) is 0 Å². The van der Waals surface area contributed by atoms with Crippen LogP contribution in [-0.4, -0.2) is 48.5 Å². The molecular weight excluding hydrogens is 250 g/mol. The van der Waals surface area contributed by atoms with Gasteiger partial charge in [-0.25, -0.2) is 0 Å². The molecule has 1 fully saturated rings. The third-order valence-electron chi connectivity index (χ3n) is 4.25. The standard InChI is InChI=1S/C17H35NO2/c1-3-5-6-7-8-9-10-11-16(19)17-15-18(12-4-2)13-14-20-17/h16-17,19H,3-15H2,1-2H3. The van der Waals surface area contributed by atoms with Crippen molar-refractivity contribution in [2.24, 2.45) is 0 Å². The Bertz CT molecular complexity index is 221. The lowest BCUT2D eigenvalue weighted by molar-refractivity contribution is -0.0906. The van der Waals surface area contributed by atoms with E-state index in [1.807, 2.05) is 0 Å². The van der Waals surface area contributed by atoms with Crippen LogP contribution in [0.1, 0.15) is 71.6 Å². The molecule has 120 valence electrons. The van der Waals surface area contributed by atoms with Crippen molar-refractivity contribution < 1.29 is 9.84 Å². The second kappa shape index (κ2) is 11.5. The average Bonchev–Trinajstić information content (AvgIpc) is 2.47. The minimum absolute atomic E-state index is 0.0374. The molecule has 1 heterocycles. The lowest BCUT2D eigenvalue weighted by Crippen LogP contribution is -2.47. The molecule has 1 saturated heterocycles. The van der Waals surface area contributed by atoms with Crippen LogP contribution in [0.3, 0.4) is 0 Å². The number of rotatable bonds is 11. The van der Waals surface area contributed by atoms with E-state index in [0.29, 0.717) is 0 Å². The number of ether oxygens (including phenoxy) is 1. The molecule has 0 aromatic heterocycles. The number of unbranched alkanes of at least 4 members (excludes halogenated alkanes) is 6. The number of aliphatic hydroxyl groups is 1. The van der Waals surface area contributed by atoms with Crippen LogP contribution in [0.25, 0.3) is 0 Å². The van der Waals surface area contributed by atoms with E-state index in [2.05, 4.69) is 18.7 Å². The summed E-state index contributed by atoms with van der Waals surface area (Å²) in [6.07, 6.45) is 11.0. The molecule has 0 bridgehead atoms. The van der Waals surface area contributed by atoms with Crippen molar-refractivity contribution in [1.29, 1.82) is 0 Å². The molecule has 2 unspecified atom stereocenters. The molecule has 3 nitrogen and oxygen atoms in total. The van der Waals surface area contributed by atoms with Crippen molar-refractivity contribution >= 4 is 0 Å². The number of hydrogen-bond acceptors (Lipinski definition) is 3. The second-order valence-corrected chi connectivity index (χ2v) is 6.19. The Balaban J connectivity index is 2.05. The minimum Gasteiger partial charge on any atom is -0.390 e. The number of nitrogens with zero attached hydrogens (tertiary/aromatic N) is 1. The first-order chi connectivity index (χ1) is 9.77. The molecule has 0 aromatic rings. The smallest absolute Gasteiger partial charge is 0.0960 e. The highest BCUT2D eigenvalue weighted by Crippen LogP contribution is 2.15. The first-order valence-electron chi connectivity index (χ1n) is 8.80. The Morgan fingerprint density at radius 2 is 1.75 bits per heavy atom. The van der Waals surface area contributed by atoms with Gasteiger partial charge in [-0.15, -0.1) is 0 Å². The molecule has 3 heteroatoms. The van der Waals surface area contributed by atoms with Crippen LogP contribution in [0, 0.1) is 0 Å². The number of morpholine rings is 1. The van der Waals surface area contributed by atoms with Gasteiger partial charge in [0.25, 0.3) is 0 Å². The average molecular weight is 285 g/mol. The molecule has 0 saturated carbocycles. The summed E-state index contributed by atoms with van der Waals surface area (Å²) in [5, 5.41) is 10.2. The normalized spacial score (nSPS) is 22.1. The van der Waals surface area contributed by atoms with Gasteiger partial charge in [-0.2, -0.15) is 0 Å². The second-order valence-electron chi connectivity index (χ2n) is 6.19. The van der Waals surface area contributed by atoms with Gasteiger partial charge in [-0.1, -0.05) is 58.8 Å². The SMILES string of the molecule is CCCCCCCCCC(O)C1CN(CCC)CCO1. The van der Waals surface area contributed by atoms with E-state index in [9.17, 15) is 5.11 Å². The fourth-order valence-corrected chi connectivity index (χ4v) is 2.98. The first kappa shape index (κ1) is 17.9. The Labute approximate surface area is 125 Å². The Morgan fingerprint density at radius 1 is 1.05 bits per heavy atom. The Kier molecular flexibility index (Phi) is 10.3. The molecule has 0 aromatic carbocycles. The summed E-state index contributed by atoms with van der Waals surface area (Å²) in [4.78, 5) is 2.42. The maximum atomic E-state index is 10.2. The van der Waals surface area contributed by atoms with Gasteiger partial charge in [-0.3, -0.25) is 4.90 Å². The summed E-state index contributed by atoms with van der Waals surface area (Å²) in [5.74, 6) is 0. The maximum absolute atomic E-state index is 10.2. The predicted molar refractivity (Wildman–Crippen MR) is 85.1 cm³/mol. The van der Waals surface area contributed by atoms with E-state index < -0.39 is 0 Å². The fourth-order valence-electron chi connectivity index (χ4n) is 2.98. The highest BCUT2D eigenvalue weighted by molar-refractivity contribution is 4.77. The predicted octanol–water partition coefficient (Wildman–Crippen LogP) is 3.60. The molecule has 20 heavy (non-hydrogen) atoms. The van der Waals surface area contributed by atoms with Crippen molar-refractivity contribution in [2.75, 3.05) is 26.2 Å². The van der Waals surface area contributed by atoms with Gasteiger partial charge in [0.2, 0.25) is 0 Å². The molecule has 0 amide bonds. The van der Waals surface area contributed by atoms with Crippen LogP contribution in [-0.2, 0) is 4.74 Å². The van der Waals surface area contributed by atoms with Crippen LogP contribution in [0.5, 0.6) is 0 Å². The summed E-state index contributed by atoms with van der Waals surface area (Å²) >= 11 is 0. The third kappa shape index (κ3) is 7.61. The zero-order valence-electron chi connectivity index (χ0n) is 13.6. The van der Waals surface area contributed by atoms with E-state index in [-0.39, 0.29) is 12.2 Å². The first-order valence-corrected chi connectivity index (χ1v) is 8.80. The quantitative estimate of drug-likeness (QED) is 0.589. The van der Waals surface area contributed by atoms with Gasteiger partial charge in [0.1, 0.15) is 0 Å². The van der Waals surface area contributed by atoms with Crippen LogP contribution in [0.2, 0.25) is 0 Å². The van der Waals surface area contributed by atoms with E-state index in [1.165, 1.54) is 44.9 Å². The molecule has 1 rings (SSSR count). The monoisotopic (exact) mass is 285 g/mol. The summed E-state index contributed by atoms with van der Waals surface area (Å²) in [5.41, 5.74) is 0. The number of aliphatic hydroxyl groups excluding tert-OH is 1. The van der Waals surface area contributed by atoms with Gasteiger partial charge in [0.15, 0.2) is 0 Å². The molecular formula is C17H35NO2. The van der Waals surface area contributed by atoms with Crippen molar-refractivity contribution in [3.8, 4) is 0 Å². The largest absolute Gasteiger partial charge is 0.390 e. The molecule has 2 atom stereocenters. The van der Waals surface area contributed by atoms with E-state index in [4.69, 9.17) is 4.74 Å². The van der Waals surface area contributed by atoms with Gasteiger partial charge in [-0.05, 0) is 19.4 Å². The van der Waals surface area contributed by atoms with E-state index in [1.54, 1.807) is 0 Å².